The highest BCUT2D eigenvalue weighted by atomic mass is 35.5. The lowest BCUT2D eigenvalue weighted by molar-refractivity contribution is -0.385. The molecule has 0 atom stereocenters. The Morgan fingerprint density at radius 1 is 1.15 bits per heavy atom. The summed E-state index contributed by atoms with van der Waals surface area (Å²) < 4.78 is 0. The number of amides is 2. The molecule has 26 heavy (non-hydrogen) atoms. The summed E-state index contributed by atoms with van der Waals surface area (Å²) in [4.78, 5) is 36.5. The van der Waals surface area contributed by atoms with Crippen LogP contribution in [0.5, 0.6) is 0 Å². The van der Waals surface area contributed by atoms with Gasteiger partial charge in [-0.15, -0.1) is 0 Å². The fraction of sp³-hybridized carbons (Fsp3) is 0.0588. The van der Waals surface area contributed by atoms with Crippen LogP contribution in [0.4, 0.5) is 10.5 Å². The van der Waals surface area contributed by atoms with Crippen LogP contribution in [-0.4, -0.2) is 21.0 Å². The number of nitro groups is 1. The average Bonchev–Trinajstić information content (AvgIpc) is 2.85. The van der Waals surface area contributed by atoms with Gasteiger partial charge in [0.25, 0.3) is 16.8 Å². The van der Waals surface area contributed by atoms with E-state index in [1.54, 1.807) is 18.2 Å². The van der Waals surface area contributed by atoms with Gasteiger partial charge in [0, 0.05) is 21.7 Å². The first-order chi connectivity index (χ1) is 12.4. The second-order valence-corrected chi connectivity index (χ2v) is 7.16. The third-order valence-electron chi connectivity index (χ3n) is 3.64. The van der Waals surface area contributed by atoms with Gasteiger partial charge in [0.15, 0.2) is 0 Å². The molecular formula is C17H10Cl2N2O4S. The van der Waals surface area contributed by atoms with Crippen LogP contribution in [0.15, 0.2) is 47.4 Å². The van der Waals surface area contributed by atoms with Gasteiger partial charge in [-0.2, -0.15) is 0 Å². The Balaban J connectivity index is 1.88. The lowest BCUT2D eigenvalue weighted by Gasteiger charge is -2.12. The zero-order valence-corrected chi connectivity index (χ0v) is 15.3. The van der Waals surface area contributed by atoms with E-state index in [1.165, 1.54) is 30.3 Å². The number of carbonyl (C=O) groups excluding carboxylic acids is 2. The molecule has 1 saturated heterocycles. The van der Waals surface area contributed by atoms with E-state index in [0.29, 0.717) is 15.6 Å². The molecule has 1 aliphatic heterocycles. The number of nitro benzene ring substituents is 1. The third kappa shape index (κ3) is 3.75. The van der Waals surface area contributed by atoms with Crippen LogP contribution < -0.4 is 0 Å². The van der Waals surface area contributed by atoms with Gasteiger partial charge in [0.1, 0.15) is 0 Å². The fourth-order valence-corrected chi connectivity index (χ4v) is 3.68. The van der Waals surface area contributed by atoms with Crippen LogP contribution in [-0.2, 0) is 11.3 Å². The number of hydrogen-bond acceptors (Lipinski definition) is 5. The van der Waals surface area contributed by atoms with Crippen LogP contribution in [0.1, 0.15) is 11.1 Å². The van der Waals surface area contributed by atoms with Crippen molar-refractivity contribution in [2.45, 2.75) is 6.54 Å². The Morgan fingerprint density at radius 2 is 1.88 bits per heavy atom. The number of thioether (sulfide) groups is 1. The van der Waals surface area contributed by atoms with E-state index in [9.17, 15) is 19.7 Å². The molecule has 0 N–H and O–H groups in total. The molecule has 132 valence electrons. The van der Waals surface area contributed by atoms with Gasteiger partial charge >= 0.3 is 0 Å². The standard InChI is InChI=1S/C17H10Cl2N2O4S/c18-12-6-5-10(13(19)8-12)7-15-16(22)20(17(23)26-15)9-11-3-1-2-4-14(11)21(24)25/h1-8H,9H2/b15-7+. The van der Waals surface area contributed by atoms with Gasteiger partial charge in [-0.05, 0) is 35.5 Å². The smallest absolute Gasteiger partial charge is 0.268 e. The van der Waals surface area contributed by atoms with Crippen LogP contribution in [0.3, 0.4) is 0 Å². The molecule has 1 aliphatic rings. The summed E-state index contributed by atoms with van der Waals surface area (Å²) in [7, 11) is 0. The van der Waals surface area contributed by atoms with Gasteiger partial charge in [0.05, 0.1) is 16.4 Å². The molecule has 0 spiro atoms. The summed E-state index contributed by atoms with van der Waals surface area (Å²) in [6, 6.07) is 10.8. The Labute approximate surface area is 162 Å². The first-order valence-corrected chi connectivity index (χ1v) is 8.87. The van der Waals surface area contributed by atoms with Gasteiger partial charge < -0.3 is 0 Å². The molecule has 3 rings (SSSR count). The summed E-state index contributed by atoms with van der Waals surface area (Å²) in [6.45, 7) is -0.173. The predicted octanol–water partition coefficient (Wildman–Crippen LogP) is 5.14. The zero-order valence-electron chi connectivity index (χ0n) is 13.0. The minimum Gasteiger partial charge on any atom is -0.268 e. The molecule has 2 amide bonds. The highest BCUT2D eigenvalue weighted by molar-refractivity contribution is 8.18. The van der Waals surface area contributed by atoms with Gasteiger partial charge in [-0.3, -0.25) is 24.6 Å². The number of hydrogen-bond donors (Lipinski definition) is 0. The predicted molar refractivity (Wildman–Crippen MR) is 101 cm³/mol. The van der Waals surface area contributed by atoms with E-state index < -0.39 is 16.1 Å². The number of rotatable bonds is 4. The van der Waals surface area contributed by atoms with Crippen molar-refractivity contribution in [1.29, 1.82) is 0 Å². The minimum absolute atomic E-state index is 0.142. The molecular weight excluding hydrogens is 399 g/mol. The minimum atomic E-state index is -0.544. The maximum Gasteiger partial charge on any atom is 0.293 e. The van der Waals surface area contributed by atoms with Crippen molar-refractivity contribution in [3.05, 3.63) is 78.7 Å². The first-order valence-electron chi connectivity index (χ1n) is 7.29. The van der Waals surface area contributed by atoms with Crippen molar-refractivity contribution >= 4 is 57.9 Å². The van der Waals surface area contributed by atoms with Gasteiger partial charge in [-0.25, -0.2) is 0 Å². The number of halogens is 2. The van der Waals surface area contributed by atoms with Crippen molar-refractivity contribution in [2.75, 3.05) is 0 Å². The molecule has 0 radical (unpaired) electrons. The lowest BCUT2D eigenvalue weighted by Crippen LogP contribution is -2.27. The average molecular weight is 409 g/mol. The van der Waals surface area contributed by atoms with Crippen molar-refractivity contribution in [3.63, 3.8) is 0 Å². The van der Waals surface area contributed by atoms with Crippen molar-refractivity contribution in [2.24, 2.45) is 0 Å². The largest absolute Gasteiger partial charge is 0.293 e. The van der Waals surface area contributed by atoms with E-state index in [-0.39, 0.29) is 22.7 Å². The summed E-state index contributed by atoms with van der Waals surface area (Å²) in [5.41, 5.74) is 0.689. The van der Waals surface area contributed by atoms with E-state index in [1.807, 2.05) is 0 Å². The Morgan fingerprint density at radius 3 is 2.58 bits per heavy atom. The molecule has 0 aliphatic carbocycles. The molecule has 2 aromatic rings. The van der Waals surface area contributed by atoms with E-state index in [4.69, 9.17) is 23.2 Å². The second-order valence-electron chi connectivity index (χ2n) is 5.32. The van der Waals surface area contributed by atoms with Crippen LogP contribution in [0, 0.1) is 10.1 Å². The molecule has 1 fully saturated rings. The Kier molecular flexibility index (Phi) is 5.31. The second kappa shape index (κ2) is 7.49. The molecule has 6 nitrogen and oxygen atoms in total. The van der Waals surface area contributed by atoms with Gasteiger partial charge in [-0.1, -0.05) is 47.5 Å². The van der Waals surface area contributed by atoms with E-state index >= 15 is 0 Å². The highest BCUT2D eigenvalue weighted by Crippen LogP contribution is 2.35. The van der Waals surface area contributed by atoms with Crippen molar-refractivity contribution in [3.8, 4) is 0 Å². The summed E-state index contributed by atoms with van der Waals surface area (Å²) in [6.07, 6.45) is 1.50. The maximum absolute atomic E-state index is 12.6. The zero-order chi connectivity index (χ0) is 18.8. The topological polar surface area (TPSA) is 80.5 Å². The number of imide groups is 1. The lowest BCUT2D eigenvalue weighted by atomic mass is 10.1. The molecule has 2 aromatic carbocycles. The summed E-state index contributed by atoms with van der Waals surface area (Å²) in [5.74, 6) is -0.524. The normalized spacial score (nSPS) is 15.8. The fourth-order valence-electron chi connectivity index (χ4n) is 2.39. The quantitative estimate of drug-likeness (QED) is 0.397. The van der Waals surface area contributed by atoms with E-state index in [0.717, 1.165) is 16.7 Å². The molecule has 0 aromatic heterocycles. The summed E-state index contributed by atoms with van der Waals surface area (Å²) >= 11 is 12.7. The summed E-state index contributed by atoms with van der Waals surface area (Å²) in [5, 5.41) is 11.4. The van der Waals surface area contributed by atoms with Crippen molar-refractivity contribution in [1.82, 2.24) is 4.90 Å². The molecule has 1 heterocycles. The number of nitrogens with zero attached hydrogens (tertiary/aromatic N) is 2. The SMILES string of the molecule is O=C1S/C(=C/c2ccc(Cl)cc2Cl)C(=O)N1Cc1ccccc1[N+](=O)[O-]. The maximum atomic E-state index is 12.6. The molecule has 0 saturated carbocycles. The highest BCUT2D eigenvalue weighted by Gasteiger charge is 2.36. The molecule has 0 bridgehead atoms. The van der Waals surface area contributed by atoms with Gasteiger partial charge in [0.2, 0.25) is 0 Å². The Hall–Kier alpha value is -2.35. The van der Waals surface area contributed by atoms with Crippen molar-refractivity contribution < 1.29 is 14.5 Å². The Bertz CT molecular complexity index is 962. The first kappa shape index (κ1) is 18.4. The number of carbonyl (C=O) groups is 2. The van der Waals surface area contributed by atoms with E-state index in [2.05, 4.69) is 0 Å². The van der Waals surface area contributed by atoms with Crippen LogP contribution >= 0.6 is 35.0 Å². The number of para-hydroxylation sites is 1. The monoisotopic (exact) mass is 408 g/mol. The molecule has 9 heteroatoms. The number of benzene rings is 2. The van der Waals surface area contributed by atoms with Crippen LogP contribution in [0.2, 0.25) is 10.0 Å². The third-order valence-corrected chi connectivity index (χ3v) is 5.11. The molecule has 0 unspecified atom stereocenters. The van der Waals surface area contributed by atoms with Crippen LogP contribution in [0.25, 0.3) is 6.08 Å².